The van der Waals surface area contributed by atoms with Crippen LogP contribution in [0.5, 0.6) is 11.5 Å². The molecule has 1 aliphatic heterocycles. The van der Waals surface area contributed by atoms with E-state index in [4.69, 9.17) is 14.6 Å². The number of aliphatic carboxylic acids is 1. The van der Waals surface area contributed by atoms with Crippen molar-refractivity contribution in [2.45, 2.75) is 18.6 Å². The second-order valence-electron chi connectivity index (χ2n) is 6.59. The summed E-state index contributed by atoms with van der Waals surface area (Å²) in [5.74, 6) is -0.110. The first-order valence-electron chi connectivity index (χ1n) is 7.92. The van der Waals surface area contributed by atoms with Crippen LogP contribution in [0, 0.1) is 0 Å². The van der Waals surface area contributed by atoms with Gasteiger partial charge in [-0.15, -0.1) is 0 Å². The highest BCUT2D eigenvalue weighted by atomic mass is 16.5. The first kappa shape index (κ1) is 18.5. The zero-order chi connectivity index (χ0) is 17.7. The number of carbonyl (C=O) groups is 1. The zero-order valence-corrected chi connectivity index (χ0v) is 14.5. The van der Waals surface area contributed by atoms with Crippen LogP contribution in [0.15, 0.2) is 18.2 Å². The van der Waals surface area contributed by atoms with Crippen LogP contribution < -0.4 is 9.47 Å². The van der Waals surface area contributed by atoms with Crippen molar-refractivity contribution in [3.63, 3.8) is 0 Å². The molecule has 1 heterocycles. The van der Waals surface area contributed by atoms with E-state index in [1.54, 1.807) is 12.1 Å². The third kappa shape index (κ3) is 5.09. The molecule has 7 nitrogen and oxygen atoms in total. The van der Waals surface area contributed by atoms with E-state index in [1.807, 2.05) is 25.1 Å². The summed E-state index contributed by atoms with van der Waals surface area (Å²) in [4.78, 5) is 14.9. The molecule has 0 aliphatic carbocycles. The van der Waals surface area contributed by atoms with Crippen molar-refractivity contribution in [1.82, 2.24) is 9.80 Å². The number of β-amino-alcohol motifs (C(OH)–C–C–N with tert-alkyl or cyclic N) is 1. The second-order valence-corrected chi connectivity index (χ2v) is 6.59. The highest BCUT2D eigenvalue weighted by molar-refractivity contribution is 5.68. The summed E-state index contributed by atoms with van der Waals surface area (Å²) in [6.07, 6.45) is 0.740. The van der Waals surface area contributed by atoms with Crippen LogP contribution in [-0.4, -0.2) is 79.0 Å². The van der Waals surface area contributed by atoms with Crippen molar-refractivity contribution in [2.24, 2.45) is 0 Å². The number of aliphatic hydroxyl groups is 1. The molecule has 1 aromatic rings. The van der Waals surface area contributed by atoms with Crippen molar-refractivity contribution < 1.29 is 24.5 Å². The van der Waals surface area contributed by atoms with Gasteiger partial charge in [0.1, 0.15) is 0 Å². The van der Waals surface area contributed by atoms with E-state index in [-0.39, 0.29) is 0 Å². The van der Waals surface area contributed by atoms with Crippen LogP contribution >= 0.6 is 0 Å². The lowest BCUT2D eigenvalue weighted by molar-refractivity contribution is -0.139. The fourth-order valence-electron chi connectivity index (χ4n) is 3.12. The molecule has 24 heavy (non-hydrogen) atoms. The minimum atomic E-state index is -1.03. The summed E-state index contributed by atoms with van der Waals surface area (Å²) in [7, 11) is 5.43. The smallest absolute Gasteiger partial charge is 0.341 e. The molecule has 0 bridgehead atoms. The number of carboxylic acids is 1. The average Bonchev–Trinajstić information content (AvgIpc) is 2.85. The number of benzene rings is 1. The lowest BCUT2D eigenvalue weighted by Gasteiger charge is -2.26. The number of methoxy groups -OCH3 is 1. The molecule has 0 aromatic heterocycles. The minimum absolute atomic E-state index is 0.411. The van der Waals surface area contributed by atoms with Gasteiger partial charge in [-0.3, -0.25) is 4.90 Å². The molecule has 0 spiro atoms. The molecule has 1 fully saturated rings. The predicted molar refractivity (Wildman–Crippen MR) is 89.5 cm³/mol. The van der Waals surface area contributed by atoms with E-state index in [1.165, 1.54) is 7.11 Å². The third-order valence-electron chi connectivity index (χ3n) is 4.01. The zero-order valence-electron chi connectivity index (χ0n) is 14.5. The van der Waals surface area contributed by atoms with Gasteiger partial charge < -0.3 is 24.6 Å². The first-order chi connectivity index (χ1) is 11.3. The molecule has 1 saturated heterocycles. The standard InChI is InChI=1S/C17H26N2O5/c1-18(2)11-17(22)6-7-19(12-17)9-13-4-5-14(23-3)15(8-13)24-10-16(20)21/h4-5,8,22H,6-7,9-12H2,1-3H3,(H,20,21)/t17-/m1/s1. The molecule has 2 N–H and O–H groups in total. The number of likely N-dealkylation sites (tertiary alicyclic amines) is 1. The Hall–Kier alpha value is -1.83. The minimum Gasteiger partial charge on any atom is -0.493 e. The van der Waals surface area contributed by atoms with Crippen LogP contribution in [0.25, 0.3) is 0 Å². The monoisotopic (exact) mass is 338 g/mol. The van der Waals surface area contributed by atoms with E-state index < -0.39 is 18.2 Å². The molecule has 0 amide bonds. The van der Waals surface area contributed by atoms with Crippen molar-refractivity contribution in [3.05, 3.63) is 23.8 Å². The maximum atomic E-state index is 10.7. The van der Waals surface area contributed by atoms with Crippen molar-refractivity contribution >= 4 is 5.97 Å². The molecule has 2 rings (SSSR count). The maximum absolute atomic E-state index is 10.7. The number of nitrogens with zero attached hydrogens (tertiary/aromatic N) is 2. The van der Waals surface area contributed by atoms with Gasteiger partial charge >= 0.3 is 5.97 Å². The molecule has 134 valence electrons. The van der Waals surface area contributed by atoms with Gasteiger partial charge in [0.05, 0.1) is 12.7 Å². The van der Waals surface area contributed by atoms with Crippen molar-refractivity contribution in [3.8, 4) is 11.5 Å². The molecule has 0 saturated carbocycles. The summed E-state index contributed by atoms with van der Waals surface area (Å²) >= 11 is 0. The fourth-order valence-corrected chi connectivity index (χ4v) is 3.12. The quantitative estimate of drug-likeness (QED) is 0.720. The van der Waals surface area contributed by atoms with Gasteiger partial charge in [-0.1, -0.05) is 6.07 Å². The number of rotatable bonds is 8. The third-order valence-corrected chi connectivity index (χ3v) is 4.01. The van der Waals surface area contributed by atoms with Crippen LogP contribution in [0.4, 0.5) is 0 Å². The molecule has 1 aromatic carbocycles. The molecular weight excluding hydrogens is 312 g/mol. The highest BCUT2D eigenvalue weighted by Crippen LogP contribution is 2.30. The lowest BCUT2D eigenvalue weighted by atomic mass is 10.0. The number of hydrogen-bond donors (Lipinski definition) is 2. The predicted octanol–water partition coefficient (Wildman–Crippen LogP) is 0.657. The Balaban J connectivity index is 2.02. The van der Waals surface area contributed by atoms with Gasteiger partial charge in [0, 0.05) is 26.2 Å². The Labute approximate surface area is 142 Å². The molecule has 0 radical (unpaired) electrons. The highest BCUT2D eigenvalue weighted by Gasteiger charge is 2.36. The van der Waals surface area contributed by atoms with E-state index in [0.29, 0.717) is 31.1 Å². The Morgan fingerprint density at radius 3 is 2.75 bits per heavy atom. The van der Waals surface area contributed by atoms with E-state index in [9.17, 15) is 9.90 Å². The Kier molecular flexibility index (Phi) is 6.04. The number of carboxylic acid groups (broad SMARTS) is 1. The van der Waals surface area contributed by atoms with Gasteiger partial charge in [-0.25, -0.2) is 4.79 Å². The van der Waals surface area contributed by atoms with E-state index in [0.717, 1.165) is 18.5 Å². The van der Waals surface area contributed by atoms with Crippen LogP contribution in [0.1, 0.15) is 12.0 Å². The second kappa shape index (κ2) is 7.83. The van der Waals surface area contributed by atoms with E-state index >= 15 is 0 Å². The molecule has 1 atom stereocenters. The van der Waals surface area contributed by atoms with Gasteiger partial charge in [0.2, 0.25) is 0 Å². The Morgan fingerprint density at radius 2 is 2.12 bits per heavy atom. The SMILES string of the molecule is COc1ccc(CN2CC[C@@](O)(CN(C)C)C2)cc1OCC(=O)O. The summed E-state index contributed by atoms with van der Waals surface area (Å²) in [6.45, 7) is 2.33. The first-order valence-corrected chi connectivity index (χ1v) is 7.92. The van der Waals surface area contributed by atoms with Crippen LogP contribution in [0.2, 0.25) is 0 Å². The number of ether oxygens (including phenoxy) is 2. The van der Waals surface area contributed by atoms with Gasteiger partial charge in [-0.2, -0.15) is 0 Å². The molecule has 7 heteroatoms. The molecule has 1 aliphatic rings. The normalized spacial score (nSPS) is 21.2. The van der Waals surface area contributed by atoms with Crippen LogP contribution in [-0.2, 0) is 11.3 Å². The van der Waals surface area contributed by atoms with Gasteiger partial charge in [-0.05, 0) is 38.2 Å². The number of likely N-dealkylation sites (N-methyl/N-ethyl adjacent to an activating group) is 1. The molecular formula is C17H26N2O5. The largest absolute Gasteiger partial charge is 0.493 e. The maximum Gasteiger partial charge on any atom is 0.341 e. The van der Waals surface area contributed by atoms with E-state index in [2.05, 4.69) is 4.90 Å². The summed E-state index contributed by atoms with van der Waals surface area (Å²) in [5, 5.41) is 19.4. The van der Waals surface area contributed by atoms with Gasteiger partial charge in [0.25, 0.3) is 0 Å². The summed E-state index contributed by atoms with van der Waals surface area (Å²) in [5.41, 5.74) is 0.309. The Bertz CT molecular complexity index is 578. The van der Waals surface area contributed by atoms with Crippen molar-refractivity contribution in [2.75, 3.05) is 47.4 Å². The van der Waals surface area contributed by atoms with Crippen LogP contribution in [0.3, 0.4) is 0 Å². The summed E-state index contributed by atoms with van der Waals surface area (Å²) < 4.78 is 10.5. The van der Waals surface area contributed by atoms with Crippen molar-refractivity contribution in [1.29, 1.82) is 0 Å². The fraction of sp³-hybridized carbons (Fsp3) is 0.588. The topological polar surface area (TPSA) is 82.5 Å². The Morgan fingerprint density at radius 1 is 1.38 bits per heavy atom. The summed E-state index contributed by atoms with van der Waals surface area (Å²) in [6, 6.07) is 5.50. The number of hydrogen-bond acceptors (Lipinski definition) is 6. The molecule has 0 unspecified atom stereocenters. The average molecular weight is 338 g/mol. The lowest BCUT2D eigenvalue weighted by Crippen LogP contribution is -2.42. The van der Waals surface area contributed by atoms with Gasteiger partial charge in [0.15, 0.2) is 18.1 Å².